The van der Waals surface area contributed by atoms with E-state index in [4.69, 9.17) is 0 Å². The predicted octanol–water partition coefficient (Wildman–Crippen LogP) is 3.15. The molecule has 3 aromatic rings. The number of rotatable bonds is 5. The van der Waals surface area contributed by atoms with E-state index in [-0.39, 0.29) is 23.8 Å². The maximum atomic E-state index is 13.6. The Balaban J connectivity index is 1.73. The Morgan fingerprint density at radius 1 is 1.43 bits per heavy atom. The molecule has 0 spiro atoms. The van der Waals surface area contributed by atoms with Gasteiger partial charge in [0.05, 0.1) is 22.3 Å². The average molecular weight is 331 g/mol. The maximum absolute atomic E-state index is 13.6. The summed E-state index contributed by atoms with van der Waals surface area (Å²) in [5.74, 6) is -1.00. The van der Waals surface area contributed by atoms with Gasteiger partial charge in [-0.15, -0.1) is 11.3 Å². The van der Waals surface area contributed by atoms with Crippen LogP contribution in [0.4, 0.5) is 4.39 Å². The number of carbonyl (C=O) groups excluding carboxylic acids is 2. The van der Waals surface area contributed by atoms with E-state index in [1.807, 2.05) is 11.4 Å². The normalized spacial score (nSPS) is 12.3. The van der Waals surface area contributed by atoms with Crippen LogP contribution in [0.2, 0.25) is 0 Å². The van der Waals surface area contributed by atoms with E-state index in [0.29, 0.717) is 15.9 Å². The molecule has 0 saturated heterocycles. The molecule has 0 aliphatic rings. The Bertz CT molecular complexity index is 857. The highest BCUT2D eigenvalue weighted by molar-refractivity contribution is 7.12. The van der Waals surface area contributed by atoms with Gasteiger partial charge in [0.1, 0.15) is 11.3 Å². The molecule has 118 valence electrons. The van der Waals surface area contributed by atoms with Gasteiger partial charge in [-0.05, 0) is 30.5 Å². The number of imidazole rings is 1. The number of hydrogen-bond donors (Lipinski definition) is 2. The summed E-state index contributed by atoms with van der Waals surface area (Å²) >= 11 is 1.37. The third kappa shape index (κ3) is 3.29. The number of benzene rings is 1. The summed E-state index contributed by atoms with van der Waals surface area (Å²) in [5, 5.41) is 4.55. The van der Waals surface area contributed by atoms with E-state index in [1.54, 1.807) is 13.0 Å². The highest BCUT2D eigenvalue weighted by Crippen LogP contribution is 2.18. The molecule has 5 nitrogen and oxygen atoms in total. The van der Waals surface area contributed by atoms with Crippen molar-refractivity contribution < 1.29 is 14.0 Å². The molecule has 2 aromatic heterocycles. The van der Waals surface area contributed by atoms with Crippen LogP contribution in [0, 0.1) is 5.82 Å². The van der Waals surface area contributed by atoms with Gasteiger partial charge in [-0.2, -0.15) is 0 Å². The number of hydrogen-bond acceptors (Lipinski definition) is 4. The molecule has 1 atom stereocenters. The monoisotopic (exact) mass is 331 g/mol. The second-order valence-electron chi connectivity index (χ2n) is 5.23. The number of nitrogens with zero attached hydrogens (tertiary/aromatic N) is 1. The third-order valence-corrected chi connectivity index (χ3v) is 4.31. The number of aromatic amines is 1. The first-order chi connectivity index (χ1) is 11.0. The minimum Gasteiger partial charge on any atom is -0.349 e. The molecule has 0 saturated carbocycles. The van der Waals surface area contributed by atoms with Crippen molar-refractivity contribution in [3.05, 3.63) is 52.2 Å². The minimum absolute atomic E-state index is 0.0306. The lowest BCUT2D eigenvalue weighted by atomic mass is 10.1. The number of halogens is 1. The number of amides is 1. The largest absolute Gasteiger partial charge is 0.349 e. The molecule has 2 N–H and O–H groups in total. The summed E-state index contributed by atoms with van der Waals surface area (Å²) in [6.07, 6.45) is 1.59. The zero-order chi connectivity index (χ0) is 16.4. The van der Waals surface area contributed by atoms with E-state index in [9.17, 15) is 14.0 Å². The van der Waals surface area contributed by atoms with Gasteiger partial charge in [-0.25, -0.2) is 9.37 Å². The van der Waals surface area contributed by atoms with Crippen molar-refractivity contribution >= 4 is 34.1 Å². The van der Waals surface area contributed by atoms with Gasteiger partial charge in [-0.3, -0.25) is 9.59 Å². The summed E-state index contributed by atoms with van der Waals surface area (Å²) in [6, 6.07) is 5.62. The number of Topliss-reactive ketones (excluding diaryl/α,β-unsaturated/α-hetero) is 1. The molecule has 23 heavy (non-hydrogen) atoms. The van der Waals surface area contributed by atoms with Crippen LogP contribution in [0.25, 0.3) is 11.0 Å². The number of thiophene rings is 1. The molecule has 0 bridgehead atoms. The lowest BCUT2D eigenvalue weighted by molar-refractivity contribution is 0.0920. The van der Waals surface area contributed by atoms with E-state index >= 15 is 0 Å². The summed E-state index contributed by atoms with van der Waals surface area (Å²) in [5.41, 5.74) is 1.01. The van der Waals surface area contributed by atoms with Gasteiger partial charge in [0, 0.05) is 12.5 Å². The SMILES string of the molecule is C[C@H](CC(=O)c1cccs1)NC(=O)c1cc(F)cc2[nH]cnc12. The Morgan fingerprint density at radius 2 is 2.26 bits per heavy atom. The van der Waals surface area contributed by atoms with Crippen molar-refractivity contribution in [2.75, 3.05) is 0 Å². The molecule has 0 fully saturated rings. The van der Waals surface area contributed by atoms with Gasteiger partial charge in [0.15, 0.2) is 5.78 Å². The third-order valence-electron chi connectivity index (χ3n) is 3.40. The number of nitrogens with one attached hydrogen (secondary N) is 2. The number of aromatic nitrogens is 2. The topological polar surface area (TPSA) is 74.8 Å². The van der Waals surface area contributed by atoms with E-state index in [0.717, 1.165) is 6.07 Å². The van der Waals surface area contributed by atoms with Crippen molar-refractivity contribution in [2.45, 2.75) is 19.4 Å². The zero-order valence-corrected chi connectivity index (χ0v) is 13.1. The number of carbonyl (C=O) groups is 2. The second-order valence-corrected chi connectivity index (χ2v) is 6.18. The lowest BCUT2D eigenvalue weighted by Gasteiger charge is -2.13. The molecule has 7 heteroatoms. The van der Waals surface area contributed by atoms with Crippen LogP contribution < -0.4 is 5.32 Å². The molecule has 3 rings (SSSR count). The van der Waals surface area contributed by atoms with E-state index in [2.05, 4.69) is 15.3 Å². The van der Waals surface area contributed by atoms with Gasteiger partial charge in [0.2, 0.25) is 0 Å². The van der Waals surface area contributed by atoms with Crippen LogP contribution >= 0.6 is 11.3 Å². The summed E-state index contributed by atoms with van der Waals surface area (Å²) in [4.78, 5) is 31.9. The fraction of sp³-hybridized carbons (Fsp3) is 0.188. The fourth-order valence-corrected chi connectivity index (χ4v) is 3.03. The van der Waals surface area contributed by atoms with Crippen LogP contribution in [-0.2, 0) is 0 Å². The van der Waals surface area contributed by atoms with Crippen molar-refractivity contribution in [2.24, 2.45) is 0 Å². The first kappa shape index (κ1) is 15.4. The highest BCUT2D eigenvalue weighted by Gasteiger charge is 2.18. The van der Waals surface area contributed by atoms with Crippen LogP contribution in [0.5, 0.6) is 0 Å². The van der Waals surface area contributed by atoms with Crippen molar-refractivity contribution in [3.63, 3.8) is 0 Å². The van der Waals surface area contributed by atoms with Crippen molar-refractivity contribution in [3.8, 4) is 0 Å². The number of ketones is 1. The van der Waals surface area contributed by atoms with Crippen LogP contribution in [0.15, 0.2) is 36.0 Å². The Labute approximate surface area is 135 Å². The average Bonchev–Trinajstić information content (AvgIpc) is 3.17. The van der Waals surface area contributed by atoms with Gasteiger partial charge < -0.3 is 10.3 Å². The number of H-pyrrole nitrogens is 1. The van der Waals surface area contributed by atoms with Crippen LogP contribution in [-0.4, -0.2) is 27.7 Å². The van der Waals surface area contributed by atoms with Crippen molar-refractivity contribution in [1.29, 1.82) is 0 Å². The molecule has 1 amide bonds. The summed E-state index contributed by atoms with van der Waals surface area (Å²) in [7, 11) is 0. The smallest absolute Gasteiger partial charge is 0.253 e. The lowest BCUT2D eigenvalue weighted by Crippen LogP contribution is -2.34. The quantitative estimate of drug-likeness (QED) is 0.705. The second kappa shape index (κ2) is 6.29. The maximum Gasteiger partial charge on any atom is 0.253 e. The highest BCUT2D eigenvalue weighted by atomic mass is 32.1. The Hall–Kier alpha value is -2.54. The minimum atomic E-state index is -0.519. The van der Waals surface area contributed by atoms with E-state index < -0.39 is 11.7 Å². The van der Waals surface area contributed by atoms with Crippen molar-refractivity contribution in [1.82, 2.24) is 15.3 Å². The summed E-state index contributed by atoms with van der Waals surface area (Å²) in [6.45, 7) is 1.74. The molecule has 0 aliphatic heterocycles. The first-order valence-corrected chi connectivity index (χ1v) is 7.93. The fourth-order valence-electron chi connectivity index (χ4n) is 2.36. The van der Waals surface area contributed by atoms with Gasteiger partial charge in [0.25, 0.3) is 5.91 Å². The first-order valence-electron chi connectivity index (χ1n) is 7.05. The zero-order valence-electron chi connectivity index (χ0n) is 12.3. The number of fused-ring (bicyclic) bond motifs is 1. The molecule has 2 heterocycles. The standard InChI is InChI=1S/C16H14FN3O2S/c1-9(5-13(21)14-3-2-4-23-14)20-16(22)11-6-10(17)7-12-15(11)19-8-18-12/h2-4,6-9H,5H2,1H3,(H,18,19)(H,20,22)/t9-/m1/s1. The molecular weight excluding hydrogens is 317 g/mol. The van der Waals surface area contributed by atoms with Gasteiger partial charge in [-0.1, -0.05) is 6.07 Å². The Kier molecular flexibility index (Phi) is 4.20. The van der Waals surface area contributed by atoms with Crippen LogP contribution in [0.1, 0.15) is 33.4 Å². The summed E-state index contributed by atoms with van der Waals surface area (Å²) < 4.78 is 13.6. The molecule has 1 aromatic carbocycles. The molecule has 0 aliphatic carbocycles. The molecule has 0 radical (unpaired) electrons. The molecular formula is C16H14FN3O2S. The van der Waals surface area contributed by atoms with E-state index in [1.165, 1.54) is 23.7 Å². The Morgan fingerprint density at radius 3 is 3.00 bits per heavy atom. The van der Waals surface area contributed by atoms with Crippen LogP contribution in [0.3, 0.4) is 0 Å². The predicted molar refractivity (Wildman–Crippen MR) is 86.2 cm³/mol. The molecule has 0 unspecified atom stereocenters. The van der Waals surface area contributed by atoms with Gasteiger partial charge >= 0.3 is 0 Å².